The lowest BCUT2D eigenvalue weighted by atomic mass is 10.0. The molecule has 10 heteroatoms. The summed E-state index contributed by atoms with van der Waals surface area (Å²) < 4.78 is 65.9. The molecule has 1 fully saturated rings. The first kappa shape index (κ1) is 25.0. The van der Waals surface area contributed by atoms with Gasteiger partial charge in [0, 0.05) is 23.1 Å². The van der Waals surface area contributed by atoms with Crippen molar-refractivity contribution in [1.82, 2.24) is 14.9 Å². The molecule has 2 atom stereocenters. The monoisotopic (exact) mass is 492 g/mol. The molecular formula is C25H28F4N4O2. The first-order valence-corrected chi connectivity index (χ1v) is 11.4. The molecule has 1 unspecified atom stereocenters. The van der Waals surface area contributed by atoms with Gasteiger partial charge in [-0.05, 0) is 52.4 Å². The van der Waals surface area contributed by atoms with Crippen LogP contribution in [0.15, 0.2) is 30.3 Å². The third kappa shape index (κ3) is 5.27. The molecule has 1 saturated heterocycles. The van der Waals surface area contributed by atoms with E-state index in [0.717, 1.165) is 25.5 Å². The molecule has 35 heavy (non-hydrogen) atoms. The molecular weight excluding hydrogens is 464 g/mol. The van der Waals surface area contributed by atoms with Gasteiger partial charge >= 0.3 is 6.18 Å². The first-order valence-electron chi connectivity index (χ1n) is 11.4. The Morgan fingerprint density at radius 3 is 2.63 bits per heavy atom. The third-order valence-electron chi connectivity index (χ3n) is 6.35. The Balaban J connectivity index is 1.68. The van der Waals surface area contributed by atoms with Crippen molar-refractivity contribution in [3.8, 4) is 11.5 Å². The molecule has 4 rings (SSSR count). The van der Waals surface area contributed by atoms with Crippen LogP contribution in [-0.4, -0.2) is 48.2 Å². The number of hydrogen-bond acceptors (Lipinski definition) is 6. The van der Waals surface area contributed by atoms with Crippen molar-refractivity contribution in [2.75, 3.05) is 32.6 Å². The third-order valence-corrected chi connectivity index (χ3v) is 6.35. The maximum atomic E-state index is 14.7. The lowest BCUT2D eigenvalue weighted by molar-refractivity contribution is -0.140. The number of halogens is 4. The second kappa shape index (κ2) is 9.85. The van der Waals surface area contributed by atoms with Crippen LogP contribution in [0, 0.1) is 12.7 Å². The van der Waals surface area contributed by atoms with E-state index in [0.29, 0.717) is 46.7 Å². The maximum absolute atomic E-state index is 14.7. The molecule has 0 radical (unpaired) electrons. The Kier molecular flexibility index (Phi) is 7.02. The fourth-order valence-corrected chi connectivity index (χ4v) is 4.40. The highest BCUT2D eigenvalue weighted by molar-refractivity contribution is 5.92. The van der Waals surface area contributed by atoms with Crippen LogP contribution in [0.2, 0.25) is 0 Å². The molecule has 3 aromatic rings. The van der Waals surface area contributed by atoms with Crippen molar-refractivity contribution < 1.29 is 27.0 Å². The van der Waals surface area contributed by atoms with Crippen molar-refractivity contribution in [3.05, 3.63) is 53.1 Å². The number of alkyl halides is 3. The summed E-state index contributed by atoms with van der Waals surface area (Å²) in [6, 6.07) is 6.24. The molecule has 6 nitrogen and oxygen atoms in total. The molecule has 2 aromatic carbocycles. The fourth-order valence-electron chi connectivity index (χ4n) is 4.40. The van der Waals surface area contributed by atoms with Gasteiger partial charge in [-0.25, -0.2) is 14.4 Å². The highest BCUT2D eigenvalue weighted by atomic mass is 19.4. The normalized spacial score (nSPS) is 17.5. The molecule has 1 aliphatic rings. The Bertz CT molecular complexity index is 1220. The molecule has 1 aromatic heterocycles. The molecule has 0 aliphatic carbocycles. The summed E-state index contributed by atoms with van der Waals surface area (Å²) in [6.45, 7) is 4.79. The number of hydrogen-bond donors (Lipinski definition) is 1. The van der Waals surface area contributed by atoms with Crippen LogP contribution in [0.4, 0.5) is 23.4 Å². The smallest absolute Gasteiger partial charge is 0.419 e. The molecule has 1 aliphatic heterocycles. The second-order valence-corrected chi connectivity index (χ2v) is 8.80. The van der Waals surface area contributed by atoms with E-state index in [1.807, 2.05) is 0 Å². The van der Waals surface area contributed by atoms with E-state index < -0.39 is 23.6 Å². The van der Waals surface area contributed by atoms with Crippen molar-refractivity contribution >= 4 is 16.7 Å². The van der Waals surface area contributed by atoms with E-state index in [1.165, 1.54) is 12.1 Å². The number of likely N-dealkylation sites (N-methyl/N-ethyl adjacent to an activating group) is 1. The van der Waals surface area contributed by atoms with Crippen molar-refractivity contribution in [3.63, 3.8) is 0 Å². The largest absolute Gasteiger partial charge is 0.493 e. The number of fused-ring (bicyclic) bond motifs is 1. The Hall–Kier alpha value is -3.14. The molecule has 0 spiro atoms. The topological polar surface area (TPSA) is 59.5 Å². The molecule has 1 N–H and O–H groups in total. The van der Waals surface area contributed by atoms with Crippen molar-refractivity contribution in [2.45, 2.75) is 44.9 Å². The van der Waals surface area contributed by atoms with E-state index in [-0.39, 0.29) is 5.56 Å². The SMILES string of the molecule is COc1cc2nc(C)nc(NC(C)c3cccc(C(F)(F)F)c3F)c2cc1OC[C@@H]1CCCN1C. The van der Waals surface area contributed by atoms with Crippen LogP contribution in [0.25, 0.3) is 10.9 Å². The van der Waals surface area contributed by atoms with Gasteiger partial charge in [0.2, 0.25) is 0 Å². The Morgan fingerprint density at radius 1 is 1.20 bits per heavy atom. The number of anilines is 1. The van der Waals surface area contributed by atoms with Gasteiger partial charge < -0.3 is 19.7 Å². The van der Waals surface area contributed by atoms with Crippen LogP contribution in [0.1, 0.15) is 42.8 Å². The summed E-state index contributed by atoms with van der Waals surface area (Å²) in [5.41, 5.74) is -0.845. The minimum Gasteiger partial charge on any atom is -0.493 e. The zero-order valence-corrected chi connectivity index (χ0v) is 20.0. The number of nitrogens with zero attached hydrogens (tertiary/aromatic N) is 3. The van der Waals surface area contributed by atoms with E-state index >= 15 is 0 Å². The number of methoxy groups -OCH3 is 1. The average molecular weight is 493 g/mol. The highest BCUT2D eigenvalue weighted by Gasteiger charge is 2.35. The number of aromatic nitrogens is 2. The molecule has 0 amide bonds. The average Bonchev–Trinajstić information content (AvgIpc) is 3.21. The Morgan fingerprint density at radius 2 is 1.97 bits per heavy atom. The van der Waals surface area contributed by atoms with Gasteiger partial charge in [-0.3, -0.25) is 0 Å². The number of likely N-dealkylation sites (tertiary alicyclic amines) is 1. The van der Waals surface area contributed by atoms with Gasteiger partial charge in [0.15, 0.2) is 11.5 Å². The predicted molar refractivity (Wildman–Crippen MR) is 125 cm³/mol. The summed E-state index contributed by atoms with van der Waals surface area (Å²) in [7, 11) is 3.60. The van der Waals surface area contributed by atoms with Crippen LogP contribution in [0.5, 0.6) is 11.5 Å². The van der Waals surface area contributed by atoms with E-state index in [9.17, 15) is 17.6 Å². The van der Waals surface area contributed by atoms with Gasteiger partial charge in [-0.2, -0.15) is 13.2 Å². The van der Waals surface area contributed by atoms with Gasteiger partial charge in [-0.15, -0.1) is 0 Å². The standard InChI is InChI=1S/C25H28F4N4O2/c1-14(17-8-5-9-19(23(17)26)25(27,28)29)30-24-18-11-22(35-13-16-7-6-10-33(16)3)21(34-4)12-20(18)31-15(2)32-24/h5,8-9,11-12,14,16H,6-7,10,13H2,1-4H3,(H,30,31,32)/t14?,16-/m0/s1. The molecule has 2 heterocycles. The van der Waals surface area contributed by atoms with Crippen molar-refractivity contribution in [1.29, 1.82) is 0 Å². The van der Waals surface area contributed by atoms with Gasteiger partial charge in [0.25, 0.3) is 0 Å². The second-order valence-electron chi connectivity index (χ2n) is 8.80. The summed E-state index contributed by atoms with van der Waals surface area (Å²) >= 11 is 0. The minimum absolute atomic E-state index is 0.113. The summed E-state index contributed by atoms with van der Waals surface area (Å²) in [6.07, 6.45) is -2.62. The van der Waals surface area contributed by atoms with E-state index in [2.05, 4.69) is 27.2 Å². The zero-order chi connectivity index (χ0) is 25.3. The summed E-state index contributed by atoms with van der Waals surface area (Å²) in [5.74, 6) is 0.525. The predicted octanol–water partition coefficient (Wildman–Crippen LogP) is 5.75. The lowest BCUT2D eigenvalue weighted by Crippen LogP contribution is -2.30. The molecule has 188 valence electrons. The number of benzene rings is 2. The van der Waals surface area contributed by atoms with Gasteiger partial charge in [0.1, 0.15) is 24.1 Å². The summed E-state index contributed by atoms with van der Waals surface area (Å²) in [4.78, 5) is 11.2. The van der Waals surface area contributed by atoms with Crippen LogP contribution < -0.4 is 14.8 Å². The van der Waals surface area contributed by atoms with Crippen LogP contribution >= 0.6 is 0 Å². The quantitative estimate of drug-likeness (QED) is 0.424. The lowest BCUT2D eigenvalue weighted by Gasteiger charge is -2.22. The number of nitrogens with one attached hydrogen (secondary N) is 1. The first-order chi connectivity index (χ1) is 16.6. The molecule has 0 saturated carbocycles. The fraction of sp³-hybridized carbons (Fsp3) is 0.440. The van der Waals surface area contributed by atoms with Crippen molar-refractivity contribution in [2.24, 2.45) is 0 Å². The number of rotatable bonds is 7. The van der Waals surface area contributed by atoms with Gasteiger partial charge in [0.05, 0.1) is 24.2 Å². The van der Waals surface area contributed by atoms with Crippen LogP contribution in [0.3, 0.4) is 0 Å². The number of ether oxygens (including phenoxy) is 2. The zero-order valence-electron chi connectivity index (χ0n) is 20.0. The minimum atomic E-state index is -4.78. The Labute approximate surface area is 201 Å². The maximum Gasteiger partial charge on any atom is 0.419 e. The van der Waals surface area contributed by atoms with Crippen LogP contribution in [-0.2, 0) is 6.18 Å². The van der Waals surface area contributed by atoms with E-state index in [1.54, 1.807) is 33.1 Å². The molecule has 0 bridgehead atoms. The number of aryl methyl sites for hydroxylation is 1. The summed E-state index contributed by atoms with van der Waals surface area (Å²) in [5, 5.41) is 3.66. The van der Waals surface area contributed by atoms with Gasteiger partial charge in [-0.1, -0.05) is 12.1 Å². The van der Waals surface area contributed by atoms with E-state index in [4.69, 9.17) is 9.47 Å². The highest BCUT2D eigenvalue weighted by Crippen LogP contribution is 2.37.